The van der Waals surface area contributed by atoms with Crippen molar-refractivity contribution in [3.05, 3.63) is 70.3 Å². The molecular formula is C33H45ClN2O4. The van der Waals surface area contributed by atoms with Gasteiger partial charge in [-0.3, -0.25) is 4.79 Å². The van der Waals surface area contributed by atoms with Crippen LogP contribution in [-0.2, 0) is 11.2 Å². The minimum Gasteiger partial charge on any atom is -0.491 e. The Kier molecular flexibility index (Phi) is 10.6. The van der Waals surface area contributed by atoms with Crippen molar-refractivity contribution in [1.29, 1.82) is 0 Å². The molecule has 5 atom stereocenters. The summed E-state index contributed by atoms with van der Waals surface area (Å²) in [6, 6.07) is 12.2. The highest BCUT2D eigenvalue weighted by Crippen LogP contribution is 2.43. The molecule has 40 heavy (non-hydrogen) atoms. The zero-order valence-electron chi connectivity index (χ0n) is 24.4. The summed E-state index contributed by atoms with van der Waals surface area (Å²) in [5.41, 5.74) is 4.44. The van der Waals surface area contributed by atoms with Gasteiger partial charge in [0.1, 0.15) is 5.75 Å². The summed E-state index contributed by atoms with van der Waals surface area (Å²) in [5.74, 6) is 1.64. The number of carbonyl (C=O) groups is 1. The van der Waals surface area contributed by atoms with Gasteiger partial charge >= 0.3 is 0 Å². The molecule has 4 rings (SSSR count). The fraction of sp³-hybridized carbons (Fsp3) is 0.545. The topological polar surface area (TPSA) is 73.2 Å². The Morgan fingerprint density at radius 2 is 2.00 bits per heavy atom. The molecule has 2 aromatic carbocycles. The number of likely N-dealkylation sites (N-methyl/N-ethyl adjacent to an activating group) is 1. The standard InChI is InChI=1S/C33H45ClN2O4/c1-5-8-25-17-28(34)12-14-29(25)27-20-36(31-18-24(22(2)37)11-15-33(31)40-21-27)19-26-10-13-30(26)32(39)9-6-7-16-35(4)23(3)38/h6-7,11-12,14-15,17-18,22,26-27,30,32,37,39H,5,8-10,13,16,19-21H2,1-4H3/b7-6-. The van der Waals surface area contributed by atoms with Crippen molar-refractivity contribution in [2.24, 2.45) is 11.8 Å². The summed E-state index contributed by atoms with van der Waals surface area (Å²) in [6.07, 6.45) is 7.68. The fourth-order valence-electron chi connectivity index (χ4n) is 5.97. The maximum atomic E-state index is 11.4. The zero-order valence-corrected chi connectivity index (χ0v) is 25.1. The van der Waals surface area contributed by atoms with Crippen molar-refractivity contribution in [2.75, 3.05) is 38.2 Å². The van der Waals surface area contributed by atoms with E-state index in [-0.39, 0.29) is 17.7 Å². The molecule has 1 aliphatic carbocycles. The van der Waals surface area contributed by atoms with Crippen LogP contribution in [0, 0.1) is 11.8 Å². The highest BCUT2D eigenvalue weighted by Gasteiger charge is 2.38. The highest BCUT2D eigenvalue weighted by molar-refractivity contribution is 6.30. The first kappa shape index (κ1) is 30.4. The molecule has 1 amide bonds. The Morgan fingerprint density at radius 3 is 2.67 bits per heavy atom. The lowest BCUT2D eigenvalue weighted by atomic mass is 9.69. The van der Waals surface area contributed by atoms with Gasteiger partial charge in [0.15, 0.2) is 0 Å². The molecule has 2 aromatic rings. The monoisotopic (exact) mass is 568 g/mol. The number of nitrogens with zero attached hydrogens (tertiary/aromatic N) is 2. The smallest absolute Gasteiger partial charge is 0.219 e. The third kappa shape index (κ3) is 7.39. The van der Waals surface area contributed by atoms with Crippen LogP contribution in [0.2, 0.25) is 5.02 Å². The molecule has 0 spiro atoms. The lowest BCUT2D eigenvalue weighted by molar-refractivity contribution is -0.127. The SMILES string of the molecule is CCCc1cc(Cl)ccc1C1COc2ccc(C(C)O)cc2N(CC2CCC2C(O)C/C=C\CN(C)C(C)=O)C1. The third-order valence-electron chi connectivity index (χ3n) is 8.64. The molecule has 2 N–H and O–H groups in total. The number of aliphatic hydroxyl groups is 2. The van der Waals surface area contributed by atoms with Gasteiger partial charge in [0.2, 0.25) is 5.91 Å². The average Bonchev–Trinajstić information content (AvgIpc) is 3.08. The molecule has 0 saturated heterocycles. The summed E-state index contributed by atoms with van der Waals surface area (Å²) >= 11 is 6.38. The number of ether oxygens (including phenoxy) is 1. The van der Waals surface area contributed by atoms with Gasteiger partial charge in [-0.05, 0) is 85.4 Å². The van der Waals surface area contributed by atoms with Crippen molar-refractivity contribution in [2.45, 2.75) is 71.0 Å². The Balaban J connectivity index is 1.54. The van der Waals surface area contributed by atoms with Gasteiger partial charge in [0.25, 0.3) is 0 Å². The number of halogens is 1. The minimum atomic E-state index is -0.564. The highest BCUT2D eigenvalue weighted by atomic mass is 35.5. The van der Waals surface area contributed by atoms with Crippen molar-refractivity contribution in [1.82, 2.24) is 4.90 Å². The molecule has 1 aliphatic heterocycles. The van der Waals surface area contributed by atoms with Crippen LogP contribution in [-0.4, -0.2) is 60.4 Å². The van der Waals surface area contributed by atoms with Crippen LogP contribution in [0.1, 0.15) is 75.2 Å². The number of fused-ring (bicyclic) bond motifs is 1. The number of hydrogen-bond acceptors (Lipinski definition) is 5. The van der Waals surface area contributed by atoms with Crippen LogP contribution in [0.25, 0.3) is 0 Å². The number of amides is 1. The molecule has 6 nitrogen and oxygen atoms in total. The summed E-state index contributed by atoms with van der Waals surface area (Å²) in [6.45, 7) is 8.28. The maximum absolute atomic E-state index is 11.4. The van der Waals surface area contributed by atoms with Gasteiger partial charge in [-0.2, -0.15) is 0 Å². The normalized spacial score (nSPS) is 22.2. The van der Waals surface area contributed by atoms with Crippen LogP contribution >= 0.6 is 11.6 Å². The molecule has 1 fully saturated rings. The second-order valence-corrected chi connectivity index (χ2v) is 12.0. The van der Waals surface area contributed by atoms with Crippen molar-refractivity contribution in [3.8, 4) is 5.75 Å². The van der Waals surface area contributed by atoms with Gasteiger partial charge in [-0.15, -0.1) is 0 Å². The third-order valence-corrected chi connectivity index (χ3v) is 8.87. The van der Waals surface area contributed by atoms with E-state index >= 15 is 0 Å². The number of aryl methyl sites for hydroxylation is 1. The molecule has 218 valence electrons. The number of aliphatic hydroxyl groups excluding tert-OH is 2. The zero-order chi connectivity index (χ0) is 28.8. The van der Waals surface area contributed by atoms with E-state index in [4.69, 9.17) is 16.3 Å². The predicted molar refractivity (Wildman–Crippen MR) is 162 cm³/mol. The van der Waals surface area contributed by atoms with Gasteiger partial charge < -0.3 is 24.7 Å². The number of hydrogen-bond donors (Lipinski definition) is 2. The second-order valence-electron chi connectivity index (χ2n) is 11.6. The molecule has 5 unspecified atom stereocenters. The van der Waals surface area contributed by atoms with Crippen LogP contribution in [0.5, 0.6) is 5.75 Å². The van der Waals surface area contributed by atoms with E-state index in [2.05, 4.69) is 30.0 Å². The first-order chi connectivity index (χ1) is 19.2. The van der Waals surface area contributed by atoms with Crippen molar-refractivity contribution >= 4 is 23.2 Å². The molecular weight excluding hydrogens is 524 g/mol. The molecule has 0 radical (unpaired) electrons. The number of benzene rings is 2. The van der Waals surface area contributed by atoms with Gasteiger partial charge in [-0.1, -0.05) is 49.2 Å². The lowest BCUT2D eigenvalue weighted by Crippen LogP contribution is -2.44. The predicted octanol–water partition coefficient (Wildman–Crippen LogP) is 6.14. The van der Waals surface area contributed by atoms with E-state index in [0.717, 1.165) is 60.8 Å². The average molecular weight is 569 g/mol. The van der Waals surface area contributed by atoms with Gasteiger partial charge in [-0.25, -0.2) is 0 Å². The number of carbonyl (C=O) groups excluding carboxylic acids is 1. The van der Waals surface area contributed by atoms with E-state index in [1.165, 1.54) is 11.1 Å². The van der Waals surface area contributed by atoms with E-state index < -0.39 is 12.2 Å². The summed E-state index contributed by atoms with van der Waals surface area (Å²) < 4.78 is 6.41. The van der Waals surface area contributed by atoms with E-state index in [1.54, 1.807) is 25.8 Å². The second kappa shape index (κ2) is 13.9. The Bertz CT molecular complexity index is 1180. The molecule has 7 heteroatoms. The van der Waals surface area contributed by atoms with Crippen molar-refractivity contribution < 1.29 is 19.7 Å². The van der Waals surface area contributed by atoms with Crippen molar-refractivity contribution in [3.63, 3.8) is 0 Å². The van der Waals surface area contributed by atoms with E-state index in [0.29, 0.717) is 25.5 Å². The molecule has 0 aromatic heterocycles. The first-order valence-electron chi connectivity index (χ1n) is 14.7. The number of anilines is 1. The molecule has 2 aliphatic rings. The van der Waals surface area contributed by atoms with E-state index in [1.807, 2.05) is 30.4 Å². The maximum Gasteiger partial charge on any atom is 0.219 e. The summed E-state index contributed by atoms with van der Waals surface area (Å²) in [4.78, 5) is 15.5. The molecule has 1 heterocycles. The van der Waals surface area contributed by atoms with Crippen LogP contribution in [0.4, 0.5) is 5.69 Å². The molecule has 1 saturated carbocycles. The summed E-state index contributed by atoms with van der Waals surface area (Å²) in [7, 11) is 1.78. The van der Waals surface area contributed by atoms with Gasteiger partial charge in [0.05, 0.1) is 24.5 Å². The fourth-order valence-corrected chi connectivity index (χ4v) is 6.17. The summed E-state index contributed by atoms with van der Waals surface area (Å²) in [5, 5.41) is 22.1. The van der Waals surface area contributed by atoms with Crippen LogP contribution < -0.4 is 9.64 Å². The molecule has 0 bridgehead atoms. The lowest BCUT2D eigenvalue weighted by Gasteiger charge is -2.43. The number of rotatable bonds is 11. The first-order valence-corrected chi connectivity index (χ1v) is 15.1. The largest absolute Gasteiger partial charge is 0.491 e. The van der Waals surface area contributed by atoms with E-state index in [9.17, 15) is 15.0 Å². The quantitative estimate of drug-likeness (QED) is 0.319. The Hall–Kier alpha value is -2.54. The Morgan fingerprint density at radius 1 is 1.20 bits per heavy atom. The van der Waals surface area contributed by atoms with Gasteiger partial charge in [0, 0.05) is 44.5 Å². The minimum absolute atomic E-state index is 0.0310. The van der Waals surface area contributed by atoms with Crippen LogP contribution in [0.15, 0.2) is 48.6 Å². The van der Waals surface area contributed by atoms with Crippen LogP contribution in [0.3, 0.4) is 0 Å². The Labute approximate surface area is 244 Å².